The number of benzene rings is 2. The van der Waals surface area contributed by atoms with Gasteiger partial charge in [0.15, 0.2) is 0 Å². The Labute approximate surface area is 231 Å². The molecule has 0 unspecified atom stereocenters. The highest BCUT2D eigenvalue weighted by atomic mass is 35.5. The van der Waals surface area contributed by atoms with Crippen LogP contribution in [0.2, 0.25) is 0 Å². The van der Waals surface area contributed by atoms with Crippen LogP contribution in [-0.4, -0.2) is 21.5 Å². The maximum atomic E-state index is 14.1. The van der Waals surface area contributed by atoms with Crippen LogP contribution in [0.5, 0.6) is 0 Å². The van der Waals surface area contributed by atoms with Crippen molar-refractivity contribution < 1.29 is 9.59 Å². The van der Waals surface area contributed by atoms with Crippen LogP contribution in [0, 0.1) is 0 Å². The number of hydrogen-bond acceptors (Lipinski definition) is 2. The molecule has 0 fully saturated rings. The third-order valence-electron chi connectivity index (χ3n) is 7.51. The zero-order chi connectivity index (χ0) is 27.6. The number of hydrogen-bond donors (Lipinski definition) is 2. The van der Waals surface area contributed by atoms with E-state index in [-0.39, 0.29) is 21.2 Å². The van der Waals surface area contributed by atoms with Crippen LogP contribution in [-0.2, 0) is 20.4 Å². The minimum atomic E-state index is -0.545. The van der Waals surface area contributed by atoms with Gasteiger partial charge in [0.1, 0.15) is 10.1 Å². The number of carbonyl (C=O) groups is 2. The van der Waals surface area contributed by atoms with E-state index in [1.807, 2.05) is 76.2 Å². The predicted molar refractivity (Wildman–Crippen MR) is 159 cm³/mol. The lowest BCUT2D eigenvalue weighted by Crippen LogP contribution is -2.23. The molecule has 38 heavy (non-hydrogen) atoms. The van der Waals surface area contributed by atoms with Gasteiger partial charge in [-0.1, -0.05) is 99.4 Å². The molecule has 1 aliphatic carbocycles. The van der Waals surface area contributed by atoms with Gasteiger partial charge in [-0.15, -0.1) is 13.2 Å². The maximum absolute atomic E-state index is 14.1. The summed E-state index contributed by atoms with van der Waals surface area (Å²) in [5, 5.41) is 1.24. The highest BCUT2D eigenvalue weighted by Gasteiger charge is 2.41. The molecule has 0 saturated heterocycles. The van der Waals surface area contributed by atoms with Crippen LogP contribution >= 0.6 is 23.2 Å². The van der Waals surface area contributed by atoms with Crippen LogP contribution in [0.1, 0.15) is 50.2 Å². The van der Waals surface area contributed by atoms with Crippen LogP contribution in [0.15, 0.2) is 83.9 Å². The number of para-hydroxylation sites is 2. The second kappa shape index (κ2) is 9.00. The molecule has 0 amide bonds. The van der Waals surface area contributed by atoms with E-state index in [2.05, 4.69) is 23.1 Å². The van der Waals surface area contributed by atoms with E-state index >= 15 is 0 Å². The molecular formula is C32H28Cl2N2O2. The molecule has 2 aromatic heterocycles. The number of fused-ring (bicyclic) bond motifs is 2. The van der Waals surface area contributed by atoms with Crippen molar-refractivity contribution in [1.82, 2.24) is 9.97 Å². The van der Waals surface area contributed by atoms with Gasteiger partial charge in [0.05, 0.1) is 11.1 Å². The molecular weight excluding hydrogens is 515 g/mol. The van der Waals surface area contributed by atoms with E-state index in [0.29, 0.717) is 11.1 Å². The summed E-state index contributed by atoms with van der Waals surface area (Å²) in [4.78, 5) is 35.1. The molecule has 2 N–H and O–H groups in total. The summed E-state index contributed by atoms with van der Waals surface area (Å²) in [7, 11) is 0. The number of H-pyrrole nitrogens is 2. The molecule has 0 saturated carbocycles. The normalized spacial score (nSPS) is 15.2. The number of Topliss-reactive ketones (excluding diaryl/α,β-unsaturated/α-hetero) is 2. The zero-order valence-electron chi connectivity index (χ0n) is 21.8. The first-order chi connectivity index (χ1) is 17.9. The van der Waals surface area contributed by atoms with Gasteiger partial charge in [-0.3, -0.25) is 9.59 Å². The molecule has 4 nitrogen and oxygen atoms in total. The van der Waals surface area contributed by atoms with Crippen LogP contribution < -0.4 is 0 Å². The van der Waals surface area contributed by atoms with E-state index in [1.165, 1.54) is 0 Å². The molecule has 0 bridgehead atoms. The summed E-state index contributed by atoms with van der Waals surface area (Å²) >= 11 is 13.7. The molecule has 1 aliphatic rings. The lowest BCUT2D eigenvalue weighted by molar-refractivity contribution is -0.113. The van der Waals surface area contributed by atoms with Crippen LogP contribution in [0.25, 0.3) is 33.0 Å². The Morgan fingerprint density at radius 2 is 1.00 bits per heavy atom. The Hall–Kier alpha value is -3.60. The number of aromatic nitrogens is 2. The lowest BCUT2D eigenvalue weighted by atomic mass is 9.79. The number of nitrogens with one attached hydrogen (secondary N) is 2. The van der Waals surface area contributed by atoms with E-state index < -0.39 is 22.4 Å². The van der Waals surface area contributed by atoms with Crippen molar-refractivity contribution in [1.29, 1.82) is 0 Å². The molecule has 4 aromatic rings. The van der Waals surface area contributed by atoms with Crippen molar-refractivity contribution in [2.24, 2.45) is 0 Å². The first kappa shape index (κ1) is 26.0. The third kappa shape index (κ3) is 3.74. The maximum Gasteiger partial charge on any atom is 0.207 e. The summed E-state index contributed by atoms with van der Waals surface area (Å²) in [5.41, 5.74) is 3.34. The largest absolute Gasteiger partial charge is 0.357 e. The van der Waals surface area contributed by atoms with Gasteiger partial charge in [0.25, 0.3) is 0 Å². The molecule has 0 radical (unpaired) electrons. The molecule has 2 aromatic carbocycles. The first-order valence-corrected chi connectivity index (χ1v) is 13.1. The van der Waals surface area contributed by atoms with Crippen LogP contribution in [0.4, 0.5) is 0 Å². The van der Waals surface area contributed by atoms with Crippen molar-refractivity contribution in [3.8, 4) is 0 Å². The monoisotopic (exact) mass is 542 g/mol. The summed E-state index contributed by atoms with van der Waals surface area (Å²) in [6.07, 6.45) is 3.59. The standard InChI is InChI=1S/C32H28Cl2N2O2/c1-7-31(3,4)29-21(17-13-9-11-15-19(17)35-29)23-25(33)28(38)24(26(34)27(23)37)22-18-14-10-12-16-20(18)36-30(22)32(5,6)8-2/h7-16,35-36H,1-2H2,3-6H3. The minimum absolute atomic E-state index is 0.0946. The summed E-state index contributed by atoms with van der Waals surface area (Å²) in [6, 6.07) is 15.2. The second-order valence-electron chi connectivity index (χ2n) is 10.7. The fraction of sp³-hybridized carbons (Fsp3) is 0.188. The Balaban J connectivity index is 1.81. The van der Waals surface area contributed by atoms with Crippen molar-refractivity contribution in [3.63, 3.8) is 0 Å². The van der Waals surface area contributed by atoms with E-state index in [9.17, 15) is 9.59 Å². The number of rotatable bonds is 6. The predicted octanol–water partition coefficient (Wildman–Crippen LogP) is 8.33. The quantitative estimate of drug-likeness (QED) is 0.190. The molecule has 0 spiro atoms. The molecule has 0 atom stereocenters. The zero-order valence-corrected chi connectivity index (χ0v) is 23.3. The number of aromatic amines is 2. The number of halogens is 2. The number of ketones is 2. The van der Waals surface area contributed by atoms with Gasteiger partial charge in [0, 0.05) is 55.2 Å². The summed E-state index contributed by atoms with van der Waals surface area (Å²) in [5.74, 6) is -0.991. The van der Waals surface area contributed by atoms with Gasteiger partial charge in [-0.2, -0.15) is 0 Å². The summed E-state index contributed by atoms with van der Waals surface area (Å²) in [6.45, 7) is 15.9. The molecule has 6 heteroatoms. The topological polar surface area (TPSA) is 65.7 Å². The highest BCUT2D eigenvalue weighted by Crippen LogP contribution is 2.47. The van der Waals surface area contributed by atoms with Crippen LogP contribution in [0.3, 0.4) is 0 Å². The smallest absolute Gasteiger partial charge is 0.207 e. The molecule has 5 rings (SSSR count). The molecule has 2 heterocycles. The Kier molecular flexibility index (Phi) is 6.17. The van der Waals surface area contributed by atoms with Crippen molar-refractivity contribution in [3.05, 3.63) is 106 Å². The Morgan fingerprint density at radius 3 is 1.34 bits per heavy atom. The third-order valence-corrected chi connectivity index (χ3v) is 8.23. The van der Waals surface area contributed by atoms with Gasteiger partial charge >= 0.3 is 0 Å². The SMILES string of the molecule is C=CC(C)(C)c1[nH]c2ccccc2c1C1=C(Cl)C(=O)C(c2c(C(C)(C)C=C)[nH]c3ccccc23)=C(Cl)C1=O. The average Bonchev–Trinajstić information content (AvgIpc) is 3.48. The van der Waals surface area contributed by atoms with E-state index in [0.717, 1.165) is 33.2 Å². The van der Waals surface area contributed by atoms with Gasteiger partial charge in [-0.05, 0) is 12.1 Å². The van der Waals surface area contributed by atoms with Crippen molar-refractivity contribution in [2.45, 2.75) is 38.5 Å². The molecule has 0 aliphatic heterocycles. The first-order valence-electron chi connectivity index (χ1n) is 12.3. The van der Waals surface area contributed by atoms with Crippen molar-refractivity contribution in [2.75, 3.05) is 0 Å². The molecule has 192 valence electrons. The van der Waals surface area contributed by atoms with Gasteiger partial charge in [-0.25, -0.2) is 0 Å². The van der Waals surface area contributed by atoms with E-state index in [4.69, 9.17) is 23.2 Å². The lowest BCUT2D eigenvalue weighted by Gasteiger charge is -2.26. The van der Waals surface area contributed by atoms with E-state index in [1.54, 1.807) is 12.2 Å². The van der Waals surface area contributed by atoms with Crippen molar-refractivity contribution >= 4 is 67.7 Å². The number of allylic oxidation sites excluding steroid dienone is 6. The minimum Gasteiger partial charge on any atom is -0.357 e. The highest BCUT2D eigenvalue weighted by molar-refractivity contribution is 6.69. The number of carbonyl (C=O) groups excluding carboxylic acids is 2. The Morgan fingerprint density at radius 1 is 0.658 bits per heavy atom. The second-order valence-corrected chi connectivity index (χ2v) is 11.5. The van der Waals surface area contributed by atoms with Gasteiger partial charge in [0.2, 0.25) is 11.6 Å². The fourth-order valence-electron chi connectivity index (χ4n) is 5.07. The average molecular weight is 543 g/mol. The Bertz CT molecular complexity index is 1630. The fourth-order valence-corrected chi connectivity index (χ4v) is 5.62. The summed E-state index contributed by atoms with van der Waals surface area (Å²) < 4.78 is 0. The van der Waals surface area contributed by atoms with Gasteiger partial charge < -0.3 is 9.97 Å².